The lowest BCUT2D eigenvalue weighted by molar-refractivity contribution is -0.0489. The molecule has 0 spiro atoms. The van der Waals surface area contributed by atoms with Crippen LogP contribution in [0.15, 0.2) is 63.9 Å². The van der Waals surface area contributed by atoms with Gasteiger partial charge >= 0.3 is 12.4 Å². The molecule has 0 aliphatic carbocycles. The number of alkyl halides is 2. The third kappa shape index (κ3) is 4.97. The molecule has 0 saturated carbocycles. The molecular weight excluding hydrogens is 541 g/mol. The van der Waals surface area contributed by atoms with Crippen molar-refractivity contribution in [3.8, 4) is 11.5 Å². The Morgan fingerprint density at radius 2 is 1.98 bits per heavy atom. The number of H-pyrrole nitrogens is 1. The van der Waals surface area contributed by atoms with Gasteiger partial charge in [-0.25, -0.2) is 14.2 Å². The molecule has 2 aromatic heterocycles. The van der Waals surface area contributed by atoms with Crippen LogP contribution in [0.2, 0.25) is 0 Å². The minimum Gasteiger partial charge on any atom is -0.488 e. The molecule has 9 nitrogen and oxygen atoms in total. The second-order valence-electron chi connectivity index (χ2n) is 9.41. The van der Waals surface area contributed by atoms with Gasteiger partial charge in [-0.1, -0.05) is 23.4 Å². The number of nitrogens with one attached hydrogen (secondary N) is 1. The highest BCUT2D eigenvalue weighted by Crippen LogP contribution is 2.41. The van der Waals surface area contributed by atoms with Crippen LogP contribution in [-0.4, -0.2) is 33.4 Å². The lowest BCUT2D eigenvalue weighted by Crippen LogP contribution is -2.07. The molecule has 0 saturated heterocycles. The zero-order valence-corrected chi connectivity index (χ0v) is 21.9. The summed E-state index contributed by atoms with van der Waals surface area (Å²) in [6.45, 7) is -0.559. The molecule has 0 atom stereocenters. The topological polar surface area (TPSA) is 104 Å². The first kappa shape index (κ1) is 26.4. The smallest absolute Gasteiger partial charge is 0.439 e. The molecule has 0 unspecified atom stereocenters. The second-order valence-corrected chi connectivity index (χ2v) is 9.41. The number of imidazole rings is 1. The number of nitrogens with zero attached hydrogens (tertiary/aromatic N) is 3. The number of para-hydroxylation sites is 1. The van der Waals surface area contributed by atoms with Crippen molar-refractivity contribution in [1.29, 1.82) is 0 Å². The van der Waals surface area contributed by atoms with E-state index in [9.17, 15) is 18.0 Å². The van der Waals surface area contributed by atoms with Crippen LogP contribution >= 0.6 is 0 Å². The summed E-state index contributed by atoms with van der Waals surface area (Å²) in [6.07, 6.45) is 0. The van der Waals surface area contributed by atoms with Crippen molar-refractivity contribution in [3.63, 3.8) is 0 Å². The van der Waals surface area contributed by atoms with E-state index in [0.717, 1.165) is 16.7 Å². The van der Waals surface area contributed by atoms with E-state index in [-0.39, 0.29) is 24.8 Å². The third-order valence-electron chi connectivity index (χ3n) is 6.86. The molecule has 0 amide bonds. The maximum Gasteiger partial charge on any atom is 0.439 e. The van der Waals surface area contributed by atoms with Crippen molar-refractivity contribution in [1.82, 2.24) is 19.7 Å². The van der Waals surface area contributed by atoms with Crippen LogP contribution in [-0.2, 0) is 24.5 Å². The van der Waals surface area contributed by atoms with E-state index < -0.39 is 18.2 Å². The summed E-state index contributed by atoms with van der Waals surface area (Å²) in [6, 6.07) is 14.9. The molecular formula is C29H23F3N4O5. The molecule has 0 fully saturated rings. The quantitative estimate of drug-likeness (QED) is 0.278. The monoisotopic (exact) mass is 564 g/mol. The molecule has 3 aromatic carbocycles. The van der Waals surface area contributed by atoms with Crippen LogP contribution in [0, 0.1) is 5.82 Å². The van der Waals surface area contributed by atoms with Gasteiger partial charge in [-0.15, -0.1) is 0 Å². The molecule has 5 aromatic rings. The fourth-order valence-corrected chi connectivity index (χ4v) is 5.10. The van der Waals surface area contributed by atoms with E-state index in [0.29, 0.717) is 45.9 Å². The van der Waals surface area contributed by atoms with Crippen molar-refractivity contribution in [3.05, 3.63) is 105 Å². The summed E-state index contributed by atoms with van der Waals surface area (Å²) >= 11 is 0. The standard InChI is InChI=1S/C29H23F3N4O5/c1-15(27-34-29(37)41-35-27)25-19-8-6-16(10-17(19)13-39-23-11-18(30)7-9-20(23)25)12-36-21-4-3-5-22(40-28(31)32)26(21)33-24(36)14-38-2/h3-11,28H,12-14H2,1-2H3,(H,34,35,37). The van der Waals surface area contributed by atoms with Crippen LogP contribution in [0.4, 0.5) is 13.2 Å². The second kappa shape index (κ2) is 10.6. The van der Waals surface area contributed by atoms with E-state index in [1.54, 1.807) is 25.1 Å². The summed E-state index contributed by atoms with van der Waals surface area (Å²) in [5, 5.41) is 3.84. The minimum absolute atomic E-state index is 0.0231. The number of halogens is 3. The molecule has 3 heterocycles. The molecule has 210 valence electrons. The summed E-state index contributed by atoms with van der Waals surface area (Å²) in [5.74, 6) is -0.0414. The number of rotatable bonds is 7. The highest BCUT2D eigenvalue weighted by Gasteiger charge is 2.24. The summed E-state index contributed by atoms with van der Waals surface area (Å²) in [5.41, 5.74) is 5.33. The summed E-state index contributed by atoms with van der Waals surface area (Å²) < 4.78 is 62.9. The van der Waals surface area contributed by atoms with Gasteiger partial charge in [0.05, 0.1) is 5.52 Å². The highest BCUT2D eigenvalue weighted by atomic mass is 19.3. The Bertz CT molecular complexity index is 1860. The maximum absolute atomic E-state index is 14.2. The Balaban J connectivity index is 1.46. The zero-order valence-electron chi connectivity index (χ0n) is 21.9. The number of aromatic nitrogens is 4. The van der Waals surface area contributed by atoms with Crippen LogP contribution in [0.25, 0.3) is 22.2 Å². The molecule has 12 heteroatoms. The van der Waals surface area contributed by atoms with Crippen molar-refractivity contribution >= 4 is 22.2 Å². The van der Waals surface area contributed by atoms with Crippen molar-refractivity contribution in [2.24, 2.45) is 0 Å². The molecule has 0 radical (unpaired) electrons. The predicted octanol–water partition coefficient (Wildman–Crippen LogP) is 5.52. The van der Waals surface area contributed by atoms with Crippen LogP contribution in [0.1, 0.15) is 40.8 Å². The van der Waals surface area contributed by atoms with Gasteiger partial charge in [0.1, 0.15) is 36.1 Å². The van der Waals surface area contributed by atoms with Crippen molar-refractivity contribution in [2.75, 3.05) is 7.11 Å². The number of aromatic amines is 1. The molecule has 6 rings (SSSR count). The fourth-order valence-electron chi connectivity index (χ4n) is 5.10. The molecule has 1 N–H and O–H groups in total. The number of methoxy groups -OCH3 is 1. The summed E-state index contributed by atoms with van der Waals surface area (Å²) in [4.78, 5) is 18.8. The van der Waals surface area contributed by atoms with Gasteiger partial charge in [-0.05, 0) is 59.5 Å². The van der Waals surface area contributed by atoms with E-state index >= 15 is 0 Å². The lowest BCUT2D eigenvalue weighted by atomic mass is 9.89. The number of hydrogen-bond donors (Lipinski definition) is 1. The predicted molar refractivity (Wildman–Crippen MR) is 142 cm³/mol. The van der Waals surface area contributed by atoms with E-state index in [1.165, 1.54) is 25.3 Å². The third-order valence-corrected chi connectivity index (χ3v) is 6.86. The number of allylic oxidation sites excluding steroid dienone is 1. The number of hydrogen-bond acceptors (Lipinski definition) is 7. The van der Waals surface area contributed by atoms with Crippen molar-refractivity contribution in [2.45, 2.75) is 33.3 Å². The molecule has 0 bridgehead atoms. The Morgan fingerprint density at radius 3 is 2.73 bits per heavy atom. The maximum atomic E-state index is 14.2. The van der Waals surface area contributed by atoms with Gasteiger partial charge in [0.2, 0.25) is 0 Å². The number of benzene rings is 3. The number of ether oxygens (including phenoxy) is 3. The van der Waals surface area contributed by atoms with E-state index in [2.05, 4.69) is 15.1 Å². The average Bonchev–Trinajstić information content (AvgIpc) is 3.48. The van der Waals surface area contributed by atoms with Crippen molar-refractivity contribution < 1.29 is 31.9 Å². The minimum atomic E-state index is -2.99. The first-order valence-corrected chi connectivity index (χ1v) is 12.6. The Morgan fingerprint density at radius 1 is 1.15 bits per heavy atom. The summed E-state index contributed by atoms with van der Waals surface area (Å²) in [7, 11) is 1.53. The van der Waals surface area contributed by atoms with Gasteiger partial charge in [-0.3, -0.25) is 9.51 Å². The normalized spacial score (nSPS) is 14.0. The Labute approximate surface area is 230 Å². The lowest BCUT2D eigenvalue weighted by Gasteiger charge is -2.15. The van der Waals surface area contributed by atoms with Gasteiger partial charge < -0.3 is 18.8 Å². The largest absolute Gasteiger partial charge is 0.488 e. The van der Waals surface area contributed by atoms with Gasteiger partial charge in [0, 0.05) is 30.9 Å². The van der Waals surface area contributed by atoms with E-state index in [4.69, 9.17) is 18.7 Å². The van der Waals surface area contributed by atoms with Crippen LogP contribution in [0.3, 0.4) is 0 Å². The molecule has 1 aliphatic rings. The molecule has 41 heavy (non-hydrogen) atoms. The zero-order chi connectivity index (χ0) is 28.7. The Hall–Kier alpha value is -4.84. The first-order chi connectivity index (χ1) is 19.8. The number of fused-ring (bicyclic) bond motifs is 3. The van der Waals surface area contributed by atoms with Crippen LogP contribution in [0.5, 0.6) is 11.5 Å². The van der Waals surface area contributed by atoms with Gasteiger partial charge in [0.15, 0.2) is 11.6 Å². The fraction of sp³-hybridized carbons (Fsp3) is 0.207. The average molecular weight is 565 g/mol. The van der Waals surface area contributed by atoms with Crippen LogP contribution < -0.4 is 15.2 Å². The van der Waals surface area contributed by atoms with Gasteiger partial charge in [0.25, 0.3) is 0 Å². The first-order valence-electron chi connectivity index (χ1n) is 12.6. The Kier molecular flexibility index (Phi) is 6.83. The van der Waals surface area contributed by atoms with Gasteiger partial charge in [-0.2, -0.15) is 8.78 Å². The molecule has 1 aliphatic heterocycles. The highest BCUT2D eigenvalue weighted by molar-refractivity contribution is 5.99. The SMILES string of the molecule is COCc1nc2c(OC(F)F)cccc2n1Cc1ccc2c(c1)COc1cc(F)ccc1C2=C(C)c1noc(=O)[nH]1. The van der Waals surface area contributed by atoms with E-state index in [1.807, 2.05) is 22.8 Å².